The summed E-state index contributed by atoms with van der Waals surface area (Å²) in [5, 5.41) is 1.68. The van der Waals surface area contributed by atoms with Gasteiger partial charge < -0.3 is 0 Å². The van der Waals surface area contributed by atoms with Gasteiger partial charge in [0.1, 0.15) is 0 Å². The van der Waals surface area contributed by atoms with Crippen LogP contribution in [0.25, 0.3) is 22.2 Å². The van der Waals surface area contributed by atoms with Crippen LogP contribution in [0.1, 0.15) is 0 Å². The number of benzene rings is 2. The predicted molar refractivity (Wildman–Crippen MR) is 75.0 cm³/mol. The van der Waals surface area contributed by atoms with Gasteiger partial charge in [-0.15, -0.1) is 0 Å². The molecule has 0 amide bonds. The molecule has 0 fully saturated rings. The lowest BCUT2D eigenvalue weighted by Crippen LogP contribution is -1.91. The van der Waals surface area contributed by atoms with E-state index < -0.39 is 0 Å². The van der Waals surface area contributed by atoms with Gasteiger partial charge in [-0.1, -0.05) is 54.1 Å². The second kappa shape index (κ2) is 4.56. The number of para-hydroxylation sites is 1. The zero-order chi connectivity index (χ0) is 12.5. The number of rotatable bonds is 1. The second-order valence-corrected chi connectivity index (χ2v) is 4.59. The maximum Gasteiger partial charge on any atom is 0.223 e. The molecular weight excluding hydrogens is 267 g/mol. The van der Waals surface area contributed by atoms with E-state index in [-0.39, 0.29) is 5.28 Å². The standard InChI is InChI=1S/C14H8Cl2N2/c15-11-8-4-7-10-12(9-5-2-1-3-6-9)17-14(16)18-13(10)11/h1-8H. The molecule has 0 aliphatic heterocycles. The molecule has 0 unspecified atom stereocenters. The monoisotopic (exact) mass is 274 g/mol. The molecule has 1 heterocycles. The van der Waals surface area contributed by atoms with Gasteiger partial charge in [0.25, 0.3) is 0 Å². The molecular formula is C14H8Cl2N2. The fourth-order valence-electron chi connectivity index (χ4n) is 1.91. The topological polar surface area (TPSA) is 25.8 Å². The lowest BCUT2D eigenvalue weighted by atomic mass is 10.1. The van der Waals surface area contributed by atoms with Crippen LogP contribution in [0.3, 0.4) is 0 Å². The summed E-state index contributed by atoms with van der Waals surface area (Å²) >= 11 is 12.1. The van der Waals surface area contributed by atoms with E-state index in [1.54, 1.807) is 6.07 Å². The Labute approximate surface area is 114 Å². The van der Waals surface area contributed by atoms with Gasteiger partial charge >= 0.3 is 0 Å². The van der Waals surface area contributed by atoms with Gasteiger partial charge in [0.15, 0.2) is 0 Å². The van der Waals surface area contributed by atoms with E-state index in [0.717, 1.165) is 16.6 Å². The van der Waals surface area contributed by atoms with E-state index in [4.69, 9.17) is 23.2 Å². The third-order valence-electron chi connectivity index (χ3n) is 2.70. The fourth-order valence-corrected chi connectivity index (χ4v) is 2.29. The minimum Gasteiger partial charge on any atom is -0.217 e. The van der Waals surface area contributed by atoms with Crippen LogP contribution in [0, 0.1) is 0 Å². The average molecular weight is 275 g/mol. The van der Waals surface area contributed by atoms with Crippen LogP contribution in [0.15, 0.2) is 48.5 Å². The summed E-state index contributed by atoms with van der Waals surface area (Å²) in [6.45, 7) is 0. The Morgan fingerprint density at radius 1 is 0.778 bits per heavy atom. The van der Waals surface area contributed by atoms with Crippen LogP contribution in [0.5, 0.6) is 0 Å². The van der Waals surface area contributed by atoms with Gasteiger partial charge in [-0.25, -0.2) is 9.97 Å². The molecule has 0 aliphatic carbocycles. The first kappa shape index (κ1) is 11.5. The molecule has 0 atom stereocenters. The van der Waals surface area contributed by atoms with Crippen molar-refractivity contribution in [3.63, 3.8) is 0 Å². The zero-order valence-electron chi connectivity index (χ0n) is 9.27. The highest BCUT2D eigenvalue weighted by atomic mass is 35.5. The average Bonchev–Trinajstić information content (AvgIpc) is 2.40. The van der Waals surface area contributed by atoms with E-state index in [0.29, 0.717) is 10.5 Å². The zero-order valence-corrected chi connectivity index (χ0v) is 10.8. The molecule has 0 saturated carbocycles. The molecule has 0 N–H and O–H groups in total. The van der Waals surface area contributed by atoms with Crippen molar-refractivity contribution in [2.45, 2.75) is 0 Å². The molecule has 2 nitrogen and oxygen atoms in total. The predicted octanol–water partition coefficient (Wildman–Crippen LogP) is 4.60. The second-order valence-electron chi connectivity index (χ2n) is 3.84. The molecule has 3 aromatic rings. The van der Waals surface area contributed by atoms with Gasteiger partial charge in [0, 0.05) is 10.9 Å². The van der Waals surface area contributed by atoms with Gasteiger partial charge in [-0.05, 0) is 17.7 Å². The normalized spacial score (nSPS) is 10.8. The van der Waals surface area contributed by atoms with Crippen molar-refractivity contribution < 1.29 is 0 Å². The van der Waals surface area contributed by atoms with Crippen molar-refractivity contribution in [1.29, 1.82) is 0 Å². The molecule has 0 spiro atoms. The van der Waals surface area contributed by atoms with Gasteiger partial charge in [0.2, 0.25) is 5.28 Å². The van der Waals surface area contributed by atoms with Crippen molar-refractivity contribution >= 4 is 34.1 Å². The van der Waals surface area contributed by atoms with Crippen LogP contribution in [0.2, 0.25) is 10.3 Å². The molecule has 0 saturated heterocycles. The Kier molecular flexibility index (Phi) is 2.90. The van der Waals surface area contributed by atoms with Crippen LogP contribution >= 0.6 is 23.2 Å². The summed E-state index contributed by atoms with van der Waals surface area (Å²) in [4.78, 5) is 8.49. The number of hydrogen-bond acceptors (Lipinski definition) is 2. The summed E-state index contributed by atoms with van der Waals surface area (Å²) in [6.07, 6.45) is 0. The third kappa shape index (κ3) is 1.94. The first-order chi connectivity index (χ1) is 8.75. The summed E-state index contributed by atoms with van der Waals surface area (Å²) < 4.78 is 0. The Morgan fingerprint density at radius 3 is 2.33 bits per heavy atom. The van der Waals surface area contributed by atoms with E-state index in [1.807, 2.05) is 42.5 Å². The van der Waals surface area contributed by atoms with Crippen molar-refractivity contribution in [3.05, 3.63) is 58.8 Å². The molecule has 0 aliphatic rings. The summed E-state index contributed by atoms with van der Waals surface area (Å²) in [5.41, 5.74) is 2.47. The summed E-state index contributed by atoms with van der Waals surface area (Å²) in [7, 11) is 0. The van der Waals surface area contributed by atoms with E-state index in [1.165, 1.54) is 0 Å². The largest absolute Gasteiger partial charge is 0.223 e. The lowest BCUT2D eigenvalue weighted by Gasteiger charge is -2.07. The van der Waals surface area contributed by atoms with E-state index >= 15 is 0 Å². The van der Waals surface area contributed by atoms with Gasteiger partial charge in [-0.2, -0.15) is 0 Å². The maximum absolute atomic E-state index is 6.14. The molecule has 0 radical (unpaired) electrons. The number of aromatic nitrogens is 2. The molecule has 0 bridgehead atoms. The number of fused-ring (bicyclic) bond motifs is 1. The highest BCUT2D eigenvalue weighted by Crippen LogP contribution is 2.30. The van der Waals surface area contributed by atoms with Crippen LogP contribution in [0.4, 0.5) is 0 Å². The molecule has 2 aromatic carbocycles. The van der Waals surface area contributed by atoms with Crippen LogP contribution in [-0.4, -0.2) is 9.97 Å². The van der Waals surface area contributed by atoms with E-state index in [2.05, 4.69) is 9.97 Å². The smallest absolute Gasteiger partial charge is 0.217 e. The quantitative estimate of drug-likeness (QED) is 0.606. The lowest BCUT2D eigenvalue weighted by molar-refractivity contribution is 1.22. The van der Waals surface area contributed by atoms with E-state index in [9.17, 15) is 0 Å². The Balaban J connectivity index is 2.39. The molecule has 1 aromatic heterocycles. The maximum atomic E-state index is 6.14. The molecule has 4 heteroatoms. The van der Waals surface area contributed by atoms with Crippen molar-refractivity contribution in [2.75, 3.05) is 0 Å². The van der Waals surface area contributed by atoms with Gasteiger partial charge in [0.05, 0.1) is 16.2 Å². The van der Waals surface area contributed by atoms with Crippen LogP contribution < -0.4 is 0 Å². The summed E-state index contributed by atoms with van der Waals surface area (Å²) in [6, 6.07) is 15.5. The van der Waals surface area contributed by atoms with Crippen LogP contribution in [-0.2, 0) is 0 Å². The minimum absolute atomic E-state index is 0.203. The van der Waals surface area contributed by atoms with Crippen molar-refractivity contribution in [3.8, 4) is 11.3 Å². The minimum atomic E-state index is 0.203. The highest BCUT2D eigenvalue weighted by Gasteiger charge is 2.10. The SMILES string of the molecule is Clc1nc(-c2ccccc2)c2cccc(Cl)c2n1. The first-order valence-electron chi connectivity index (χ1n) is 5.43. The number of hydrogen-bond donors (Lipinski definition) is 0. The van der Waals surface area contributed by atoms with Gasteiger partial charge in [-0.3, -0.25) is 0 Å². The molecule has 18 heavy (non-hydrogen) atoms. The highest BCUT2D eigenvalue weighted by molar-refractivity contribution is 6.36. The number of nitrogens with zero attached hydrogens (tertiary/aromatic N) is 2. The Morgan fingerprint density at radius 2 is 1.56 bits per heavy atom. The Hall–Kier alpha value is -1.64. The molecule has 3 rings (SSSR count). The fraction of sp³-hybridized carbons (Fsp3) is 0. The van der Waals surface area contributed by atoms with Crippen molar-refractivity contribution in [1.82, 2.24) is 9.97 Å². The first-order valence-corrected chi connectivity index (χ1v) is 6.18. The van der Waals surface area contributed by atoms with Crippen molar-refractivity contribution in [2.24, 2.45) is 0 Å². The number of halogens is 2. The molecule has 88 valence electrons. The summed E-state index contributed by atoms with van der Waals surface area (Å²) in [5.74, 6) is 0. The third-order valence-corrected chi connectivity index (χ3v) is 3.17. The Bertz CT molecular complexity index is 712.